The lowest BCUT2D eigenvalue weighted by Gasteiger charge is -2.03. The Bertz CT molecular complexity index is 878. The fourth-order valence-corrected chi connectivity index (χ4v) is 2.41. The van der Waals surface area contributed by atoms with Gasteiger partial charge in [-0.3, -0.25) is 9.48 Å². The summed E-state index contributed by atoms with van der Waals surface area (Å²) in [5.41, 5.74) is 0.552. The quantitative estimate of drug-likeness (QED) is 0.457. The maximum Gasteiger partial charge on any atom is 0.203 e. The number of carbonyl (C=O) groups excluding carboxylic acids is 1. The Balaban J connectivity index is 1.59. The van der Waals surface area contributed by atoms with Gasteiger partial charge in [0, 0.05) is 17.8 Å². The van der Waals surface area contributed by atoms with E-state index in [1.165, 1.54) is 6.08 Å². The topological polar surface area (TPSA) is 57.3 Å². The normalized spacial score (nSPS) is 11.1. The Kier molecular flexibility index (Phi) is 5.36. The van der Waals surface area contributed by atoms with Crippen LogP contribution in [0.1, 0.15) is 28.9 Å². The summed E-state index contributed by atoms with van der Waals surface area (Å²) in [5.74, 6) is 1.85. The minimum atomic E-state index is -0.116. The molecule has 0 radical (unpaired) electrons. The molecule has 0 aliphatic carbocycles. The fourth-order valence-electron chi connectivity index (χ4n) is 2.28. The van der Waals surface area contributed by atoms with Crippen LogP contribution in [0.3, 0.4) is 0 Å². The summed E-state index contributed by atoms with van der Waals surface area (Å²) in [5, 5.41) is 4.75. The second kappa shape index (κ2) is 7.85. The van der Waals surface area contributed by atoms with E-state index in [2.05, 4.69) is 5.10 Å². The van der Waals surface area contributed by atoms with E-state index in [-0.39, 0.29) is 5.78 Å². The molecule has 6 heteroatoms. The van der Waals surface area contributed by atoms with Crippen LogP contribution in [0.15, 0.2) is 59.2 Å². The van der Waals surface area contributed by atoms with E-state index >= 15 is 0 Å². The average molecular weight is 357 g/mol. The van der Waals surface area contributed by atoms with Crippen molar-refractivity contribution in [2.24, 2.45) is 0 Å². The smallest absolute Gasteiger partial charge is 0.203 e. The van der Waals surface area contributed by atoms with Gasteiger partial charge < -0.3 is 9.15 Å². The van der Waals surface area contributed by atoms with Gasteiger partial charge in [0.15, 0.2) is 0 Å². The molecule has 0 N–H and O–H groups in total. The predicted octanol–water partition coefficient (Wildman–Crippen LogP) is 4.62. The van der Waals surface area contributed by atoms with Gasteiger partial charge in [0.25, 0.3) is 0 Å². The predicted molar refractivity (Wildman–Crippen MR) is 95.8 cm³/mol. The van der Waals surface area contributed by atoms with Gasteiger partial charge in [0.2, 0.25) is 5.78 Å². The van der Waals surface area contributed by atoms with E-state index in [1.807, 2.05) is 13.0 Å². The van der Waals surface area contributed by atoms with Gasteiger partial charge in [-0.2, -0.15) is 5.10 Å². The Labute approximate surface area is 150 Å². The number of carbonyl (C=O) groups is 1. The molecule has 0 amide bonds. The average Bonchev–Trinajstić information content (AvgIpc) is 3.28. The summed E-state index contributed by atoms with van der Waals surface area (Å²) in [6.07, 6.45) is 4.73. The monoisotopic (exact) mass is 356 g/mol. The molecule has 3 rings (SSSR count). The summed E-state index contributed by atoms with van der Waals surface area (Å²) in [6, 6.07) is 12.4. The van der Waals surface area contributed by atoms with Crippen molar-refractivity contribution in [3.8, 4) is 5.75 Å². The van der Waals surface area contributed by atoms with Crippen molar-refractivity contribution >= 4 is 23.5 Å². The third kappa shape index (κ3) is 4.39. The molecule has 0 aliphatic heterocycles. The van der Waals surface area contributed by atoms with Gasteiger partial charge in [0.1, 0.15) is 29.6 Å². The molecule has 5 nitrogen and oxygen atoms in total. The van der Waals surface area contributed by atoms with Crippen molar-refractivity contribution in [3.63, 3.8) is 0 Å². The molecule has 3 aromatic rings. The number of ketones is 1. The first kappa shape index (κ1) is 17.0. The van der Waals surface area contributed by atoms with E-state index in [0.29, 0.717) is 41.1 Å². The van der Waals surface area contributed by atoms with Crippen molar-refractivity contribution in [3.05, 3.63) is 77.0 Å². The minimum absolute atomic E-state index is 0.116. The van der Waals surface area contributed by atoms with Crippen LogP contribution < -0.4 is 4.74 Å². The largest absolute Gasteiger partial charge is 0.486 e. The summed E-state index contributed by atoms with van der Waals surface area (Å²) < 4.78 is 12.9. The van der Waals surface area contributed by atoms with Gasteiger partial charge in [-0.1, -0.05) is 11.6 Å². The standard InChI is InChI=1S/C19H17ClN2O3/c1-2-22-18(11-12-21-22)19(23)10-9-16-7-8-17(25-16)13-24-15-5-3-14(20)4-6-15/h3-12H,2,13H2,1H3. The van der Waals surface area contributed by atoms with Crippen LogP contribution in [0, 0.1) is 0 Å². The van der Waals surface area contributed by atoms with Crippen molar-refractivity contribution in [2.75, 3.05) is 0 Å². The number of aromatic nitrogens is 2. The first-order valence-electron chi connectivity index (χ1n) is 7.87. The highest BCUT2D eigenvalue weighted by atomic mass is 35.5. The summed E-state index contributed by atoms with van der Waals surface area (Å²) >= 11 is 5.83. The number of aryl methyl sites for hydroxylation is 1. The highest BCUT2D eigenvalue weighted by Crippen LogP contribution is 2.18. The number of allylic oxidation sites excluding steroid dienone is 1. The van der Waals surface area contributed by atoms with Crippen LogP contribution in [0.4, 0.5) is 0 Å². The first-order valence-corrected chi connectivity index (χ1v) is 8.25. The number of halogens is 1. The Hall–Kier alpha value is -2.79. The number of hydrogen-bond donors (Lipinski definition) is 0. The molecule has 1 aromatic carbocycles. The lowest BCUT2D eigenvalue weighted by Crippen LogP contribution is -2.07. The molecule has 0 unspecified atom stereocenters. The van der Waals surface area contributed by atoms with Crippen LogP contribution in [0.2, 0.25) is 5.02 Å². The molecular formula is C19H17ClN2O3. The molecule has 0 aliphatic rings. The number of rotatable bonds is 7. The summed E-state index contributed by atoms with van der Waals surface area (Å²) in [4.78, 5) is 12.2. The second-order valence-corrected chi connectivity index (χ2v) is 5.71. The lowest BCUT2D eigenvalue weighted by atomic mass is 10.2. The number of hydrogen-bond acceptors (Lipinski definition) is 4. The SMILES string of the molecule is CCn1nccc1C(=O)C=Cc1ccc(COc2ccc(Cl)cc2)o1. The molecule has 0 atom stereocenters. The molecule has 2 heterocycles. The van der Waals surface area contributed by atoms with Gasteiger partial charge in [0.05, 0.1) is 0 Å². The third-order valence-corrected chi connectivity index (χ3v) is 3.80. The molecule has 0 spiro atoms. The van der Waals surface area contributed by atoms with E-state index < -0.39 is 0 Å². The second-order valence-electron chi connectivity index (χ2n) is 5.28. The van der Waals surface area contributed by atoms with Gasteiger partial charge >= 0.3 is 0 Å². The molecule has 0 saturated heterocycles. The van der Waals surface area contributed by atoms with E-state index in [9.17, 15) is 4.79 Å². The highest BCUT2D eigenvalue weighted by molar-refractivity contribution is 6.30. The van der Waals surface area contributed by atoms with Crippen molar-refractivity contribution in [1.29, 1.82) is 0 Å². The van der Waals surface area contributed by atoms with Crippen LogP contribution >= 0.6 is 11.6 Å². The van der Waals surface area contributed by atoms with Gasteiger partial charge in [-0.15, -0.1) is 0 Å². The van der Waals surface area contributed by atoms with E-state index in [0.717, 1.165) is 0 Å². The number of ether oxygens (including phenoxy) is 1. The number of nitrogens with zero attached hydrogens (tertiary/aromatic N) is 2. The zero-order valence-electron chi connectivity index (χ0n) is 13.7. The molecular weight excluding hydrogens is 340 g/mol. The zero-order chi connectivity index (χ0) is 17.6. The van der Waals surface area contributed by atoms with Crippen molar-refractivity contribution in [1.82, 2.24) is 9.78 Å². The third-order valence-electron chi connectivity index (χ3n) is 3.54. The van der Waals surface area contributed by atoms with E-state index in [1.54, 1.807) is 53.4 Å². The zero-order valence-corrected chi connectivity index (χ0v) is 14.4. The Morgan fingerprint density at radius 1 is 1.24 bits per heavy atom. The Morgan fingerprint density at radius 2 is 2.04 bits per heavy atom. The summed E-state index contributed by atoms with van der Waals surface area (Å²) in [7, 11) is 0. The summed E-state index contributed by atoms with van der Waals surface area (Å²) in [6.45, 7) is 2.88. The van der Waals surface area contributed by atoms with Crippen molar-refractivity contribution in [2.45, 2.75) is 20.1 Å². The van der Waals surface area contributed by atoms with E-state index in [4.69, 9.17) is 20.8 Å². The maximum atomic E-state index is 12.2. The Morgan fingerprint density at radius 3 is 2.80 bits per heavy atom. The maximum absolute atomic E-state index is 12.2. The fraction of sp³-hybridized carbons (Fsp3) is 0.158. The van der Waals surface area contributed by atoms with Crippen LogP contribution in [-0.2, 0) is 13.2 Å². The molecule has 0 bridgehead atoms. The van der Waals surface area contributed by atoms with Crippen LogP contribution in [-0.4, -0.2) is 15.6 Å². The first-order chi connectivity index (χ1) is 12.2. The number of benzene rings is 1. The van der Waals surface area contributed by atoms with Crippen molar-refractivity contribution < 1.29 is 13.9 Å². The molecule has 128 valence electrons. The molecule has 2 aromatic heterocycles. The van der Waals surface area contributed by atoms with Crippen LogP contribution in [0.25, 0.3) is 6.08 Å². The van der Waals surface area contributed by atoms with Gasteiger partial charge in [-0.25, -0.2) is 0 Å². The van der Waals surface area contributed by atoms with Crippen LogP contribution in [0.5, 0.6) is 5.75 Å². The lowest BCUT2D eigenvalue weighted by molar-refractivity contribution is 0.103. The van der Waals surface area contributed by atoms with Gasteiger partial charge in [-0.05, 0) is 61.5 Å². The molecule has 0 fully saturated rings. The minimum Gasteiger partial charge on any atom is -0.486 e. The molecule has 0 saturated carbocycles. The number of furan rings is 1. The highest BCUT2D eigenvalue weighted by Gasteiger charge is 2.08. The molecule has 25 heavy (non-hydrogen) atoms.